The molecule has 0 aliphatic heterocycles. The predicted octanol–water partition coefficient (Wildman–Crippen LogP) is 2.95. The van der Waals surface area contributed by atoms with Crippen molar-refractivity contribution >= 4 is 5.91 Å². The van der Waals surface area contributed by atoms with Gasteiger partial charge in [-0.3, -0.25) is 4.79 Å². The fourth-order valence-electron chi connectivity index (χ4n) is 2.81. The number of aromatic nitrogens is 3. The first-order chi connectivity index (χ1) is 11.3. The van der Waals surface area contributed by atoms with Crippen molar-refractivity contribution in [1.29, 1.82) is 0 Å². The zero-order valence-corrected chi connectivity index (χ0v) is 13.2. The highest BCUT2D eigenvalue weighted by molar-refractivity contribution is 5.91. The minimum absolute atomic E-state index is 0.152. The van der Waals surface area contributed by atoms with Crippen molar-refractivity contribution in [2.24, 2.45) is 0 Å². The van der Waals surface area contributed by atoms with E-state index in [1.165, 1.54) is 31.3 Å². The Kier molecular flexibility index (Phi) is 5.19. The zero-order valence-electron chi connectivity index (χ0n) is 13.2. The minimum Gasteiger partial charge on any atom is -0.350 e. The van der Waals surface area contributed by atoms with Gasteiger partial charge in [-0.25, -0.2) is 4.68 Å². The van der Waals surface area contributed by atoms with Gasteiger partial charge in [-0.1, -0.05) is 47.2 Å². The minimum atomic E-state index is -0.152. The van der Waals surface area contributed by atoms with E-state index in [-0.39, 0.29) is 5.91 Å². The Morgan fingerprint density at radius 3 is 2.87 bits per heavy atom. The van der Waals surface area contributed by atoms with Gasteiger partial charge in [0.05, 0.1) is 12.7 Å². The van der Waals surface area contributed by atoms with E-state index >= 15 is 0 Å². The molecule has 23 heavy (non-hydrogen) atoms. The van der Waals surface area contributed by atoms with Crippen LogP contribution in [0.2, 0.25) is 0 Å². The van der Waals surface area contributed by atoms with E-state index in [9.17, 15) is 4.79 Å². The summed E-state index contributed by atoms with van der Waals surface area (Å²) in [6.45, 7) is 1.28. The molecule has 0 spiro atoms. The van der Waals surface area contributed by atoms with Crippen LogP contribution in [0.25, 0.3) is 0 Å². The lowest BCUT2D eigenvalue weighted by molar-refractivity contribution is 0.0949. The van der Waals surface area contributed by atoms with Crippen LogP contribution in [0.1, 0.15) is 48.2 Å². The zero-order chi connectivity index (χ0) is 15.9. The number of carbonyl (C=O) groups excluding carboxylic acids is 1. The maximum absolute atomic E-state index is 12.1. The first-order valence-corrected chi connectivity index (χ1v) is 8.21. The van der Waals surface area contributed by atoms with Gasteiger partial charge in [-0.2, -0.15) is 0 Å². The molecule has 1 N–H and O–H groups in total. The first kappa shape index (κ1) is 15.5. The van der Waals surface area contributed by atoms with Crippen LogP contribution in [0.3, 0.4) is 0 Å². The first-order valence-electron chi connectivity index (χ1n) is 8.21. The SMILES string of the molecule is O=C(NCCC1=CCCCC1)c1cn(Cc2ccccc2)nn1. The van der Waals surface area contributed by atoms with Gasteiger partial charge in [0.1, 0.15) is 0 Å². The fourth-order valence-corrected chi connectivity index (χ4v) is 2.81. The van der Waals surface area contributed by atoms with Crippen molar-refractivity contribution in [2.75, 3.05) is 6.54 Å². The molecule has 1 amide bonds. The lowest BCUT2D eigenvalue weighted by atomic mass is 9.97. The molecule has 0 saturated carbocycles. The molecule has 5 heteroatoms. The number of rotatable bonds is 6. The molecular formula is C18H22N4O. The highest BCUT2D eigenvalue weighted by Crippen LogP contribution is 2.19. The van der Waals surface area contributed by atoms with Crippen LogP contribution in [0.4, 0.5) is 0 Å². The van der Waals surface area contributed by atoms with Gasteiger partial charge < -0.3 is 5.32 Å². The summed E-state index contributed by atoms with van der Waals surface area (Å²) in [4.78, 5) is 12.1. The number of hydrogen-bond donors (Lipinski definition) is 1. The molecule has 0 unspecified atom stereocenters. The van der Waals surface area contributed by atoms with Crippen LogP contribution < -0.4 is 5.32 Å². The van der Waals surface area contributed by atoms with E-state index in [0.717, 1.165) is 12.0 Å². The normalized spacial score (nSPS) is 14.3. The maximum atomic E-state index is 12.1. The fraction of sp³-hybridized carbons (Fsp3) is 0.389. The third-order valence-corrected chi connectivity index (χ3v) is 4.08. The summed E-state index contributed by atoms with van der Waals surface area (Å²) in [5.41, 5.74) is 2.97. The van der Waals surface area contributed by atoms with Crippen molar-refractivity contribution in [3.63, 3.8) is 0 Å². The molecule has 120 valence electrons. The Hall–Kier alpha value is -2.43. The van der Waals surface area contributed by atoms with Crippen molar-refractivity contribution in [3.05, 3.63) is 59.4 Å². The number of nitrogens with zero attached hydrogens (tertiary/aromatic N) is 3. The summed E-state index contributed by atoms with van der Waals surface area (Å²) in [6, 6.07) is 10.0. The molecule has 1 aliphatic rings. The molecule has 5 nitrogen and oxygen atoms in total. The molecule has 2 aromatic rings. The molecule has 1 aromatic carbocycles. The Balaban J connectivity index is 1.49. The summed E-state index contributed by atoms with van der Waals surface area (Å²) >= 11 is 0. The molecule has 1 heterocycles. The molecule has 0 saturated heterocycles. The Morgan fingerprint density at radius 2 is 2.09 bits per heavy atom. The average molecular weight is 310 g/mol. The molecule has 0 fully saturated rings. The second-order valence-corrected chi connectivity index (χ2v) is 5.90. The number of amides is 1. The van der Waals surface area contributed by atoms with Crippen molar-refractivity contribution in [2.45, 2.75) is 38.6 Å². The highest BCUT2D eigenvalue weighted by atomic mass is 16.2. The molecule has 1 aromatic heterocycles. The monoisotopic (exact) mass is 310 g/mol. The van der Waals surface area contributed by atoms with Crippen LogP contribution in [0.15, 0.2) is 48.2 Å². The van der Waals surface area contributed by atoms with Gasteiger partial charge in [0.15, 0.2) is 5.69 Å². The highest BCUT2D eigenvalue weighted by Gasteiger charge is 2.11. The van der Waals surface area contributed by atoms with Gasteiger partial charge >= 0.3 is 0 Å². The molecule has 1 aliphatic carbocycles. The van der Waals surface area contributed by atoms with E-state index in [1.54, 1.807) is 10.9 Å². The van der Waals surface area contributed by atoms with E-state index in [2.05, 4.69) is 21.7 Å². The largest absolute Gasteiger partial charge is 0.350 e. The van der Waals surface area contributed by atoms with Crippen LogP contribution in [-0.4, -0.2) is 27.4 Å². The maximum Gasteiger partial charge on any atom is 0.273 e. The Labute approximate surface area is 136 Å². The second-order valence-electron chi connectivity index (χ2n) is 5.90. The average Bonchev–Trinajstić information content (AvgIpc) is 3.05. The molecule has 0 atom stereocenters. The van der Waals surface area contributed by atoms with E-state index in [4.69, 9.17) is 0 Å². The number of benzene rings is 1. The quantitative estimate of drug-likeness (QED) is 0.835. The van der Waals surface area contributed by atoms with Gasteiger partial charge in [-0.15, -0.1) is 5.10 Å². The molecule has 0 bridgehead atoms. The predicted molar refractivity (Wildman–Crippen MR) is 89.1 cm³/mol. The summed E-state index contributed by atoms with van der Waals surface area (Å²) in [5, 5.41) is 10.9. The molecular weight excluding hydrogens is 288 g/mol. The van der Waals surface area contributed by atoms with E-state index in [0.29, 0.717) is 18.8 Å². The van der Waals surface area contributed by atoms with Crippen LogP contribution in [0, 0.1) is 0 Å². The third-order valence-electron chi connectivity index (χ3n) is 4.08. The standard InChI is InChI=1S/C18H22N4O/c23-18(19-12-11-15-7-3-1-4-8-15)17-14-22(21-20-17)13-16-9-5-2-6-10-16/h2,5-7,9-10,14H,1,3-4,8,11-13H2,(H,19,23). The topological polar surface area (TPSA) is 59.8 Å². The van der Waals surface area contributed by atoms with Gasteiger partial charge in [0.25, 0.3) is 5.91 Å². The summed E-state index contributed by atoms with van der Waals surface area (Å²) in [7, 11) is 0. The lowest BCUT2D eigenvalue weighted by Gasteiger charge is -2.12. The van der Waals surface area contributed by atoms with Crippen LogP contribution in [0.5, 0.6) is 0 Å². The third kappa shape index (κ3) is 4.52. The molecule has 3 rings (SSSR count). The van der Waals surface area contributed by atoms with Crippen molar-refractivity contribution < 1.29 is 4.79 Å². The van der Waals surface area contributed by atoms with Crippen molar-refractivity contribution in [1.82, 2.24) is 20.3 Å². The van der Waals surface area contributed by atoms with Crippen LogP contribution >= 0.6 is 0 Å². The number of hydrogen-bond acceptors (Lipinski definition) is 3. The van der Waals surface area contributed by atoms with Gasteiger partial charge in [0.2, 0.25) is 0 Å². The lowest BCUT2D eigenvalue weighted by Crippen LogP contribution is -2.25. The number of carbonyl (C=O) groups is 1. The summed E-state index contributed by atoms with van der Waals surface area (Å²) in [5.74, 6) is -0.152. The number of allylic oxidation sites excluding steroid dienone is 1. The van der Waals surface area contributed by atoms with E-state index < -0.39 is 0 Å². The van der Waals surface area contributed by atoms with E-state index in [1.807, 2.05) is 30.3 Å². The van der Waals surface area contributed by atoms with Gasteiger partial charge in [0, 0.05) is 6.54 Å². The van der Waals surface area contributed by atoms with Crippen molar-refractivity contribution in [3.8, 4) is 0 Å². The summed E-state index contributed by atoms with van der Waals surface area (Å²) in [6.07, 6.45) is 9.85. The Bertz CT molecular complexity index is 675. The Morgan fingerprint density at radius 1 is 1.22 bits per heavy atom. The second kappa shape index (κ2) is 7.72. The van der Waals surface area contributed by atoms with Gasteiger partial charge in [-0.05, 0) is 37.7 Å². The number of nitrogens with one attached hydrogen (secondary N) is 1. The summed E-state index contributed by atoms with van der Waals surface area (Å²) < 4.78 is 1.69. The molecule has 0 radical (unpaired) electrons. The smallest absolute Gasteiger partial charge is 0.273 e. The van der Waals surface area contributed by atoms with Crippen LogP contribution in [-0.2, 0) is 6.54 Å².